The predicted octanol–water partition coefficient (Wildman–Crippen LogP) is 0.000900. The molecule has 0 N–H and O–H groups in total. The number of nitro groups is 1. The number of benzene rings is 1. The molecule has 0 spiro atoms. The molecule has 1 aromatic rings. The molecule has 0 saturated carbocycles. The molecule has 0 fully saturated rings. The van der Waals surface area contributed by atoms with Gasteiger partial charge in [-0.05, 0) is 11.5 Å². The largest absolute Gasteiger partial charge is 0.491 e. The Morgan fingerprint density at radius 1 is 1.62 bits per heavy atom. The maximum atomic E-state index is 12.7. The van der Waals surface area contributed by atoms with Gasteiger partial charge in [0.2, 0.25) is 0 Å². The van der Waals surface area contributed by atoms with Crippen LogP contribution in [-0.2, 0) is 0 Å². The van der Waals surface area contributed by atoms with Gasteiger partial charge in [0.1, 0.15) is 13.7 Å². The molecule has 0 bridgehead atoms. The van der Waals surface area contributed by atoms with E-state index in [2.05, 4.69) is 0 Å². The number of ether oxygens (including phenoxy) is 1. The van der Waals surface area contributed by atoms with Crippen molar-refractivity contribution in [3.63, 3.8) is 0 Å². The smallest absolute Gasteiger partial charge is 0.313 e. The SMILES string of the molecule is Bc1cc(F)cc([N+](=O)[O-])c1OC. The van der Waals surface area contributed by atoms with Crippen molar-refractivity contribution in [3.05, 3.63) is 28.1 Å². The highest BCUT2D eigenvalue weighted by molar-refractivity contribution is 6.34. The van der Waals surface area contributed by atoms with Crippen LogP contribution in [0.2, 0.25) is 0 Å². The van der Waals surface area contributed by atoms with Crippen molar-refractivity contribution in [3.8, 4) is 5.75 Å². The maximum Gasteiger partial charge on any atom is 0.313 e. The zero-order valence-corrected chi connectivity index (χ0v) is 7.20. The molecular weight excluding hydrogens is 176 g/mol. The van der Waals surface area contributed by atoms with Crippen LogP contribution in [-0.4, -0.2) is 19.9 Å². The first kappa shape index (κ1) is 9.50. The van der Waals surface area contributed by atoms with Crippen molar-refractivity contribution in [2.24, 2.45) is 0 Å². The number of methoxy groups -OCH3 is 1. The van der Waals surface area contributed by atoms with Gasteiger partial charge in [-0.1, -0.05) is 0 Å². The van der Waals surface area contributed by atoms with Crippen molar-refractivity contribution in [2.45, 2.75) is 0 Å². The number of halogens is 1. The van der Waals surface area contributed by atoms with E-state index in [1.165, 1.54) is 13.2 Å². The molecule has 6 heteroatoms. The number of hydrogen-bond donors (Lipinski definition) is 0. The van der Waals surface area contributed by atoms with E-state index < -0.39 is 10.7 Å². The lowest BCUT2D eigenvalue weighted by atomic mass is 9.94. The van der Waals surface area contributed by atoms with Crippen LogP contribution in [0.25, 0.3) is 0 Å². The van der Waals surface area contributed by atoms with Gasteiger partial charge in [-0.3, -0.25) is 10.1 Å². The third-order valence-electron chi connectivity index (χ3n) is 1.62. The molecule has 0 aromatic heterocycles. The van der Waals surface area contributed by atoms with E-state index in [-0.39, 0.29) is 11.4 Å². The van der Waals surface area contributed by atoms with Gasteiger partial charge in [0.25, 0.3) is 0 Å². The summed E-state index contributed by atoms with van der Waals surface area (Å²) in [6, 6.07) is 2.03. The Kier molecular flexibility index (Phi) is 2.50. The Balaban J connectivity index is 3.38. The molecule has 1 aromatic carbocycles. The maximum absolute atomic E-state index is 12.7. The third-order valence-corrected chi connectivity index (χ3v) is 1.62. The van der Waals surface area contributed by atoms with E-state index in [9.17, 15) is 14.5 Å². The second-order valence-corrected chi connectivity index (χ2v) is 2.53. The lowest BCUT2D eigenvalue weighted by Gasteiger charge is -2.04. The quantitative estimate of drug-likeness (QED) is 0.368. The first-order valence-corrected chi connectivity index (χ1v) is 3.54. The van der Waals surface area contributed by atoms with E-state index in [1.54, 1.807) is 7.85 Å². The van der Waals surface area contributed by atoms with Crippen molar-refractivity contribution < 1.29 is 14.1 Å². The summed E-state index contributed by atoms with van der Waals surface area (Å²) < 4.78 is 17.5. The summed E-state index contributed by atoms with van der Waals surface area (Å²) in [6.45, 7) is 0. The monoisotopic (exact) mass is 183 g/mol. The topological polar surface area (TPSA) is 52.4 Å². The molecule has 0 radical (unpaired) electrons. The van der Waals surface area contributed by atoms with Crippen molar-refractivity contribution in [1.29, 1.82) is 0 Å². The molecule has 0 atom stereocenters. The number of nitrogens with zero attached hydrogens (tertiary/aromatic N) is 1. The molecule has 0 aliphatic heterocycles. The van der Waals surface area contributed by atoms with Crippen LogP contribution in [0.3, 0.4) is 0 Å². The van der Waals surface area contributed by atoms with Gasteiger partial charge in [-0.15, -0.1) is 0 Å². The fourth-order valence-corrected chi connectivity index (χ4v) is 1.11. The second-order valence-electron chi connectivity index (χ2n) is 2.53. The number of nitro benzene ring substituents is 1. The molecule has 0 aliphatic rings. The average molecular weight is 183 g/mol. The molecule has 1 rings (SSSR count). The summed E-state index contributed by atoms with van der Waals surface area (Å²) in [5.41, 5.74) is 0.0641. The van der Waals surface area contributed by atoms with Gasteiger partial charge in [0, 0.05) is 0 Å². The van der Waals surface area contributed by atoms with Crippen LogP contribution in [0.5, 0.6) is 5.75 Å². The zero-order valence-electron chi connectivity index (χ0n) is 7.20. The van der Waals surface area contributed by atoms with Crippen LogP contribution in [0.15, 0.2) is 12.1 Å². The molecule has 0 saturated heterocycles. The Morgan fingerprint density at radius 2 is 2.23 bits per heavy atom. The van der Waals surface area contributed by atoms with Crippen molar-refractivity contribution in [2.75, 3.05) is 7.11 Å². The summed E-state index contributed by atoms with van der Waals surface area (Å²) in [7, 11) is 2.86. The van der Waals surface area contributed by atoms with Crippen LogP contribution >= 0.6 is 0 Å². The van der Waals surface area contributed by atoms with Gasteiger partial charge >= 0.3 is 5.69 Å². The van der Waals surface area contributed by atoms with Crippen molar-refractivity contribution in [1.82, 2.24) is 0 Å². The van der Waals surface area contributed by atoms with E-state index in [0.717, 1.165) is 6.07 Å². The first-order chi connectivity index (χ1) is 6.06. The Hall–Kier alpha value is -1.59. The standard InChI is InChI=1S/C7H7BFNO3/c1-13-7-5(8)2-4(9)3-6(7)10(11)12/h2-3H,8H2,1H3. The summed E-state index contributed by atoms with van der Waals surface area (Å²) in [5.74, 6) is -0.531. The van der Waals surface area contributed by atoms with E-state index in [0.29, 0.717) is 5.46 Å². The molecule has 0 aliphatic carbocycles. The van der Waals surface area contributed by atoms with Crippen LogP contribution in [0, 0.1) is 15.9 Å². The fraction of sp³-hybridized carbons (Fsp3) is 0.143. The molecule has 0 unspecified atom stereocenters. The summed E-state index contributed by atoms with van der Waals surface area (Å²) in [4.78, 5) is 9.77. The highest BCUT2D eigenvalue weighted by atomic mass is 19.1. The summed E-state index contributed by atoms with van der Waals surface area (Å²) in [5, 5.41) is 10.4. The van der Waals surface area contributed by atoms with Crippen LogP contribution < -0.4 is 10.2 Å². The van der Waals surface area contributed by atoms with Gasteiger partial charge in [0.05, 0.1) is 18.1 Å². The number of hydrogen-bond acceptors (Lipinski definition) is 3. The molecule has 13 heavy (non-hydrogen) atoms. The molecule has 68 valence electrons. The van der Waals surface area contributed by atoms with E-state index in [4.69, 9.17) is 4.74 Å². The molecule has 0 heterocycles. The lowest BCUT2D eigenvalue weighted by Crippen LogP contribution is -2.10. The average Bonchev–Trinajstić information content (AvgIpc) is 2.02. The van der Waals surface area contributed by atoms with E-state index in [1.807, 2.05) is 0 Å². The minimum atomic E-state index is -0.672. The highest BCUT2D eigenvalue weighted by Crippen LogP contribution is 2.24. The van der Waals surface area contributed by atoms with Crippen molar-refractivity contribution >= 4 is 19.0 Å². The van der Waals surface area contributed by atoms with Gasteiger partial charge in [0.15, 0.2) is 5.75 Å². The second kappa shape index (κ2) is 3.43. The van der Waals surface area contributed by atoms with Crippen LogP contribution in [0.1, 0.15) is 0 Å². The third kappa shape index (κ3) is 1.77. The van der Waals surface area contributed by atoms with Gasteiger partial charge < -0.3 is 4.74 Å². The minimum Gasteiger partial charge on any atom is -0.491 e. The van der Waals surface area contributed by atoms with E-state index >= 15 is 0 Å². The fourth-order valence-electron chi connectivity index (χ4n) is 1.11. The minimum absolute atomic E-state index is 0.103. The summed E-state index contributed by atoms with van der Waals surface area (Å²) in [6.07, 6.45) is 0. The number of rotatable bonds is 2. The first-order valence-electron chi connectivity index (χ1n) is 3.54. The Bertz CT molecular complexity index is 356. The summed E-state index contributed by atoms with van der Waals surface area (Å²) >= 11 is 0. The van der Waals surface area contributed by atoms with Gasteiger partial charge in [-0.25, -0.2) is 4.39 Å². The molecule has 0 amide bonds. The van der Waals surface area contributed by atoms with Crippen LogP contribution in [0.4, 0.5) is 10.1 Å². The normalized spacial score (nSPS) is 9.69. The highest BCUT2D eigenvalue weighted by Gasteiger charge is 2.17. The Morgan fingerprint density at radius 3 is 2.69 bits per heavy atom. The zero-order chi connectivity index (χ0) is 10.0. The molecule has 4 nitrogen and oxygen atoms in total. The molecular formula is C7H7BFNO3. The Labute approximate surface area is 74.9 Å². The lowest BCUT2D eigenvalue weighted by molar-refractivity contribution is -0.385. The van der Waals surface area contributed by atoms with Gasteiger partial charge in [-0.2, -0.15) is 0 Å². The predicted molar refractivity (Wildman–Crippen MR) is 47.8 cm³/mol.